The van der Waals surface area contributed by atoms with Gasteiger partial charge in [-0.1, -0.05) is 0 Å². The van der Waals surface area contributed by atoms with Crippen LogP contribution in [0.15, 0.2) is 18.2 Å². The Labute approximate surface area is 123 Å². The van der Waals surface area contributed by atoms with Crippen LogP contribution in [0.3, 0.4) is 0 Å². The minimum atomic E-state index is -0.330. The largest absolute Gasteiger partial charge is 0.497 e. The Morgan fingerprint density at radius 2 is 2.33 bits per heavy atom. The second-order valence-electron chi connectivity index (χ2n) is 5.30. The predicted octanol–water partition coefficient (Wildman–Crippen LogP) is 2.78. The fourth-order valence-electron chi connectivity index (χ4n) is 2.99. The van der Waals surface area contributed by atoms with E-state index in [4.69, 9.17) is 9.47 Å². The first-order valence-corrected chi connectivity index (χ1v) is 7.32. The van der Waals surface area contributed by atoms with Gasteiger partial charge in [0.05, 0.1) is 13.7 Å². The Balaban J connectivity index is 1.85. The van der Waals surface area contributed by atoms with Crippen molar-refractivity contribution < 1.29 is 14.3 Å². The number of hydrogen-bond donors (Lipinski definition) is 2. The molecule has 2 aromatic rings. The van der Waals surface area contributed by atoms with Crippen molar-refractivity contribution in [1.82, 2.24) is 10.3 Å². The van der Waals surface area contributed by atoms with Gasteiger partial charge in [0.2, 0.25) is 0 Å². The van der Waals surface area contributed by atoms with Crippen LogP contribution in [0, 0.1) is 0 Å². The highest BCUT2D eigenvalue weighted by molar-refractivity contribution is 5.86. The molecule has 1 amide bonds. The minimum absolute atomic E-state index is 0.127. The average molecular weight is 288 g/mol. The molecular weight excluding hydrogens is 268 g/mol. The summed E-state index contributed by atoms with van der Waals surface area (Å²) in [6, 6.07) is 6.18. The van der Waals surface area contributed by atoms with Gasteiger partial charge in [-0.05, 0) is 49.9 Å². The van der Waals surface area contributed by atoms with Gasteiger partial charge in [0.15, 0.2) is 0 Å². The summed E-state index contributed by atoms with van der Waals surface area (Å²) in [5.41, 5.74) is 3.66. The molecule has 1 heterocycles. The lowest BCUT2D eigenvalue weighted by atomic mass is 9.91. The van der Waals surface area contributed by atoms with Crippen molar-refractivity contribution in [3.8, 4) is 5.75 Å². The van der Waals surface area contributed by atoms with Crippen molar-refractivity contribution in [3.63, 3.8) is 0 Å². The number of hydrogen-bond acceptors (Lipinski definition) is 3. The third-order valence-corrected chi connectivity index (χ3v) is 3.99. The monoisotopic (exact) mass is 288 g/mol. The Kier molecular flexibility index (Phi) is 3.73. The Morgan fingerprint density at radius 1 is 1.48 bits per heavy atom. The molecule has 1 aromatic heterocycles. The van der Waals surface area contributed by atoms with Crippen LogP contribution in [0.4, 0.5) is 4.79 Å². The number of carbonyl (C=O) groups is 1. The number of amides is 1. The topological polar surface area (TPSA) is 63.3 Å². The van der Waals surface area contributed by atoms with E-state index in [1.807, 2.05) is 19.1 Å². The first kappa shape index (κ1) is 13.8. The van der Waals surface area contributed by atoms with Crippen molar-refractivity contribution in [2.75, 3.05) is 13.7 Å². The molecule has 1 unspecified atom stereocenters. The van der Waals surface area contributed by atoms with Crippen molar-refractivity contribution in [2.45, 2.75) is 32.2 Å². The number of fused-ring (bicyclic) bond motifs is 3. The zero-order chi connectivity index (χ0) is 14.8. The molecule has 0 fully saturated rings. The summed E-state index contributed by atoms with van der Waals surface area (Å²) in [6.45, 7) is 2.21. The van der Waals surface area contributed by atoms with Gasteiger partial charge in [-0.3, -0.25) is 0 Å². The first-order valence-electron chi connectivity index (χ1n) is 7.32. The summed E-state index contributed by atoms with van der Waals surface area (Å²) in [5, 5.41) is 4.12. The zero-order valence-electron chi connectivity index (χ0n) is 12.4. The Morgan fingerprint density at radius 3 is 3.10 bits per heavy atom. The molecule has 1 atom stereocenters. The molecule has 0 aliphatic heterocycles. The number of aryl methyl sites for hydroxylation is 1. The number of aromatic nitrogens is 1. The van der Waals surface area contributed by atoms with Gasteiger partial charge in [-0.25, -0.2) is 4.79 Å². The Hall–Kier alpha value is -2.17. The lowest BCUT2D eigenvalue weighted by molar-refractivity contribution is 0.147. The quantitative estimate of drug-likeness (QED) is 0.913. The normalized spacial score (nSPS) is 17.3. The van der Waals surface area contributed by atoms with Crippen LogP contribution >= 0.6 is 0 Å². The number of benzene rings is 1. The van der Waals surface area contributed by atoms with Crippen molar-refractivity contribution >= 4 is 17.0 Å². The maximum Gasteiger partial charge on any atom is 0.407 e. The third kappa shape index (κ3) is 2.68. The number of rotatable bonds is 3. The summed E-state index contributed by atoms with van der Waals surface area (Å²) in [6.07, 6.45) is 2.35. The summed E-state index contributed by atoms with van der Waals surface area (Å²) >= 11 is 0. The molecule has 21 heavy (non-hydrogen) atoms. The fourth-order valence-corrected chi connectivity index (χ4v) is 2.99. The number of methoxy groups -OCH3 is 1. The van der Waals surface area contributed by atoms with E-state index in [1.54, 1.807) is 7.11 Å². The number of aromatic amines is 1. The van der Waals surface area contributed by atoms with Gasteiger partial charge >= 0.3 is 6.09 Å². The third-order valence-electron chi connectivity index (χ3n) is 3.99. The highest BCUT2D eigenvalue weighted by Crippen LogP contribution is 2.31. The fraction of sp³-hybridized carbons (Fsp3) is 0.438. The molecule has 5 nitrogen and oxygen atoms in total. The minimum Gasteiger partial charge on any atom is -0.497 e. The van der Waals surface area contributed by atoms with Crippen LogP contribution < -0.4 is 10.1 Å². The van der Waals surface area contributed by atoms with Crippen molar-refractivity contribution in [2.24, 2.45) is 0 Å². The predicted molar refractivity (Wildman–Crippen MR) is 80.8 cm³/mol. The molecule has 0 saturated carbocycles. The van der Waals surface area contributed by atoms with Crippen LogP contribution in [-0.2, 0) is 17.6 Å². The molecule has 0 bridgehead atoms. The molecule has 0 radical (unpaired) electrons. The summed E-state index contributed by atoms with van der Waals surface area (Å²) in [5.74, 6) is 0.852. The summed E-state index contributed by atoms with van der Waals surface area (Å²) in [7, 11) is 1.67. The van der Waals surface area contributed by atoms with Crippen molar-refractivity contribution in [1.29, 1.82) is 0 Å². The number of carbonyl (C=O) groups excluding carboxylic acids is 1. The van der Waals surface area contributed by atoms with Gasteiger partial charge in [0.25, 0.3) is 0 Å². The van der Waals surface area contributed by atoms with E-state index in [-0.39, 0.29) is 12.1 Å². The van der Waals surface area contributed by atoms with E-state index < -0.39 is 0 Å². The lowest BCUT2D eigenvalue weighted by Crippen LogP contribution is -2.39. The van der Waals surface area contributed by atoms with Gasteiger partial charge in [0, 0.05) is 22.6 Å². The molecular formula is C16H20N2O3. The molecule has 2 N–H and O–H groups in total. The van der Waals surface area contributed by atoms with E-state index in [0.29, 0.717) is 6.61 Å². The molecule has 112 valence electrons. The van der Waals surface area contributed by atoms with Crippen LogP contribution in [0.25, 0.3) is 10.9 Å². The van der Waals surface area contributed by atoms with Crippen LogP contribution in [0.5, 0.6) is 5.75 Å². The standard InChI is InChI=1S/C16H20N2O3/c1-3-21-16(19)17-10-4-6-14-12(8-10)13-9-11(20-2)5-7-15(13)18-14/h5,7,9-10,18H,3-4,6,8H2,1-2H3,(H,17,19). The highest BCUT2D eigenvalue weighted by Gasteiger charge is 2.24. The number of ether oxygens (including phenoxy) is 2. The van der Waals surface area contributed by atoms with Gasteiger partial charge in [-0.15, -0.1) is 0 Å². The van der Waals surface area contributed by atoms with Gasteiger partial charge in [0.1, 0.15) is 5.75 Å². The maximum atomic E-state index is 11.6. The summed E-state index contributed by atoms with van der Waals surface area (Å²) < 4.78 is 10.3. The maximum absolute atomic E-state index is 11.6. The second kappa shape index (κ2) is 5.68. The van der Waals surface area contributed by atoms with E-state index in [0.717, 1.165) is 30.5 Å². The zero-order valence-corrected chi connectivity index (χ0v) is 12.4. The SMILES string of the molecule is CCOC(=O)NC1CCc2[nH]c3ccc(OC)cc3c2C1. The van der Waals surface area contributed by atoms with Crippen molar-refractivity contribution in [3.05, 3.63) is 29.5 Å². The smallest absolute Gasteiger partial charge is 0.407 e. The molecule has 1 aliphatic rings. The lowest BCUT2D eigenvalue weighted by Gasteiger charge is -2.23. The van der Waals surface area contributed by atoms with Crippen LogP contribution in [0.2, 0.25) is 0 Å². The molecule has 5 heteroatoms. The van der Waals surface area contributed by atoms with Gasteiger partial charge < -0.3 is 19.8 Å². The van der Waals surface area contributed by atoms with E-state index >= 15 is 0 Å². The number of nitrogens with one attached hydrogen (secondary N) is 2. The summed E-state index contributed by atoms with van der Waals surface area (Å²) in [4.78, 5) is 15.0. The average Bonchev–Trinajstić information content (AvgIpc) is 2.84. The number of H-pyrrole nitrogens is 1. The van der Waals surface area contributed by atoms with E-state index in [1.165, 1.54) is 16.6 Å². The first-order chi connectivity index (χ1) is 10.2. The van der Waals surface area contributed by atoms with Gasteiger partial charge in [-0.2, -0.15) is 0 Å². The van der Waals surface area contributed by atoms with Crippen LogP contribution in [0.1, 0.15) is 24.6 Å². The molecule has 3 rings (SSSR count). The second-order valence-corrected chi connectivity index (χ2v) is 5.30. The molecule has 1 aliphatic carbocycles. The number of alkyl carbamates (subject to hydrolysis) is 1. The van der Waals surface area contributed by atoms with E-state index in [9.17, 15) is 4.79 Å². The molecule has 0 spiro atoms. The highest BCUT2D eigenvalue weighted by atomic mass is 16.5. The molecule has 1 aromatic carbocycles. The van der Waals surface area contributed by atoms with Crippen LogP contribution in [-0.4, -0.2) is 30.8 Å². The Bertz CT molecular complexity index is 663. The van der Waals surface area contributed by atoms with E-state index in [2.05, 4.69) is 16.4 Å². The molecule has 0 saturated heterocycles.